The van der Waals surface area contributed by atoms with Gasteiger partial charge in [-0.1, -0.05) is 45.6 Å². The van der Waals surface area contributed by atoms with Crippen molar-refractivity contribution in [3.8, 4) is 0 Å². The van der Waals surface area contributed by atoms with Gasteiger partial charge in [-0.15, -0.1) is 0 Å². The summed E-state index contributed by atoms with van der Waals surface area (Å²) in [6.07, 6.45) is 5.64. The first kappa shape index (κ1) is 13.2. The Bertz CT molecular complexity index is 303. The highest BCUT2D eigenvalue weighted by Gasteiger charge is 2.42. The molecule has 3 atom stereocenters. The lowest BCUT2D eigenvalue weighted by atomic mass is 9.59. The molecule has 0 saturated heterocycles. The first-order chi connectivity index (χ1) is 7.41. The van der Waals surface area contributed by atoms with Crippen molar-refractivity contribution in [1.82, 2.24) is 0 Å². The Hall–Kier alpha value is -0.850. The number of rotatable bonds is 4. The summed E-state index contributed by atoms with van der Waals surface area (Å²) in [5.41, 5.74) is 1.22. The Balaban J connectivity index is 2.74. The summed E-state index contributed by atoms with van der Waals surface area (Å²) in [6, 6.07) is 0. The minimum Gasteiger partial charge on any atom is -0.299 e. The number of carbonyl (C=O) groups is 1. The molecule has 0 spiro atoms. The van der Waals surface area contributed by atoms with Crippen LogP contribution in [0.5, 0.6) is 0 Å². The van der Waals surface area contributed by atoms with Crippen LogP contribution in [0, 0.1) is 17.3 Å². The van der Waals surface area contributed by atoms with Crippen molar-refractivity contribution >= 4 is 5.78 Å². The van der Waals surface area contributed by atoms with Crippen LogP contribution in [0.1, 0.15) is 46.5 Å². The molecule has 90 valence electrons. The fourth-order valence-corrected chi connectivity index (χ4v) is 2.69. The average Bonchev–Trinajstić information content (AvgIpc) is 2.29. The van der Waals surface area contributed by atoms with E-state index < -0.39 is 0 Å². The minimum atomic E-state index is 0.140. The van der Waals surface area contributed by atoms with Gasteiger partial charge in [0.25, 0.3) is 0 Å². The van der Waals surface area contributed by atoms with Gasteiger partial charge in [0.15, 0.2) is 0 Å². The zero-order valence-corrected chi connectivity index (χ0v) is 10.9. The summed E-state index contributed by atoms with van der Waals surface area (Å²) in [5, 5.41) is 0. The van der Waals surface area contributed by atoms with E-state index in [1.165, 1.54) is 0 Å². The third-order valence-corrected chi connectivity index (χ3v) is 4.70. The van der Waals surface area contributed by atoms with Gasteiger partial charge in [0, 0.05) is 12.3 Å². The number of ketones is 1. The van der Waals surface area contributed by atoms with Gasteiger partial charge in [-0.3, -0.25) is 4.79 Å². The Morgan fingerprint density at radius 3 is 2.75 bits per heavy atom. The Kier molecular flexibility index (Phi) is 4.12. The average molecular weight is 220 g/mol. The fraction of sp³-hybridized carbons (Fsp3) is 0.667. The van der Waals surface area contributed by atoms with E-state index >= 15 is 0 Å². The van der Waals surface area contributed by atoms with Gasteiger partial charge >= 0.3 is 0 Å². The molecule has 1 rings (SSSR count). The SMILES string of the molecule is C=CC(=C)CCC1(C)C(C)CCC(=O)C1C. The highest BCUT2D eigenvalue weighted by atomic mass is 16.1. The van der Waals surface area contributed by atoms with Crippen molar-refractivity contribution in [2.45, 2.75) is 46.5 Å². The first-order valence-electron chi connectivity index (χ1n) is 6.24. The normalized spacial score (nSPS) is 34.8. The molecule has 0 aliphatic heterocycles. The van der Waals surface area contributed by atoms with E-state index in [2.05, 4.69) is 33.9 Å². The highest BCUT2D eigenvalue weighted by molar-refractivity contribution is 5.82. The third kappa shape index (κ3) is 2.45. The Morgan fingerprint density at radius 1 is 1.56 bits per heavy atom. The molecule has 0 aromatic carbocycles. The molecule has 0 amide bonds. The van der Waals surface area contributed by atoms with Crippen LogP contribution in [0.15, 0.2) is 24.8 Å². The molecule has 1 aliphatic carbocycles. The van der Waals surface area contributed by atoms with Gasteiger partial charge in [0.2, 0.25) is 0 Å². The lowest BCUT2D eigenvalue weighted by molar-refractivity contribution is -0.132. The van der Waals surface area contributed by atoms with Gasteiger partial charge in [-0.2, -0.15) is 0 Å². The monoisotopic (exact) mass is 220 g/mol. The second-order valence-corrected chi connectivity index (χ2v) is 5.50. The van der Waals surface area contributed by atoms with E-state index in [0.29, 0.717) is 11.7 Å². The van der Waals surface area contributed by atoms with Crippen LogP contribution in [0.25, 0.3) is 0 Å². The van der Waals surface area contributed by atoms with E-state index in [1.54, 1.807) is 0 Å². The maximum absolute atomic E-state index is 11.8. The number of hydrogen-bond acceptors (Lipinski definition) is 1. The third-order valence-electron chi connectivity index (χ3n) is 4.70. The summed E-state index contributed by atoms with van der Waals surface area (Å²) >= 11 is 0. The topological polar surface area (TPSA) is 17.1 Å². The van der Waals surface area contributed by atoms with Crippen molar-refractivity contribution in [2.75, 3.05) is 0 Å². The summed E-state index contributed by atoms with van der Waals surface area (Å²) in [7, 11) is 0. The molecule has 0 heterocycles. The molecule has 16 heavy (non-hydrogen) atoms. The van der Waals surface area contributed by atoms with Crippen LogP contribution in [0.2, 0.25) is 0 Å². The van der Waals surface area contributed by atoms with E-state index in [0.717, 1.165) is 31.3 Å². The molecule has 1 fully saturated rings. The lowest BCUT2D eigenvalue weighted by Crippen LogP contribution is -2.41. The number of Topliss-reactive ketones (excluding diaryl/α,β-unsaturated/α-hetero) is 1. The van der Waals surface area contributed by atoms with E-state index in [-0.39, 0.29) is 11.3 Å². The second kappa shape index (κ2) is 4.99. The Labute approximate surface area is 99.6 Å². The molecule has 1 saturated carbocycles. The maximum Gasteiger partial charge on any atom is 0.136 e. The van der Waals surface area contributed by atoms with Crippen LogP contribution in [-0.2, 0) is 4.79 Å². The predicted molar refractivity (Wildman–Crippen MR) is 69.2 cm³/mol. The molecule has 0 aromatic heterocycles. The largest absolute Gasteiger partial charge is 0.299 e. The standard InChI is InChI=1S/C15H24O/c1-6-11(2)9-10-15(5)12(3)7-8-14(16)13(15)4/h6,12-13H,1-2,7-10H2,3-5H3. The molecule has 1 aliphatic rings. The molecule has 3 unspecified atom stereocenters. The summed E-state index contributed by atoms with van der Waals surface area (Å²) in [4.78, 5) is 11.8. The first-order valence-corrected chi connectivity index (χ1v) is 6.24. The minimum absolute atomic E-state index is 0.140. The molecular weight excluding hydrogens is 196 g/mol. The van der Waals surface area contributed by atoms with Gasteiger partial charge in [-0.25, -0.2) is 0 Å². The molecule has 1 heteroatoms. The van der Waals surface area contributed by atoms with E-state index in [9.17, 15) is 4.79 Å². The van der Waals surface area contributed by atoms with Crippen molar-refractivity contribution in [3.63, 3.8) is 0 Å². The molecule has 1 nitrogen and oxygen atoms in total. The summed E-state index contributed by atoms with van der Waals surface area (Å²) in [5.74, 6) is 1.25. The van der Waals surface area contributed by atoms with Crippen LogP contribution in [-0.4, -0.2) is 5.78 Å². The van der Waals surface area contributed by atoms with Gasteiger partial charge in [-0.05, 0) is 30.6 Å². The molecule has 0 radical (unpaired) electrons. The zero-order valence-electron chi connectivity index (χ0n) is 10.9. The van der Waals surface area contributed by atoms with E-state index in [1.807, 2.05) is 6.08 Å². The van der Waals surface area contributed by atoms with Gasteiger partial charge < -0.3 is 0 Å². The summed E-state index contributed by atoms with van der Waals surface area (Å²) in [6.45, 7) is 14.3. The molecule has 0 aromatic rings. The second-order valence-electron chi connectivity index (χ2n) is 5.50. The molecular formula is C15H24O. The van der Waals surface area contributed by atoms with Crippen LogP contribution in [0.4, 0.5) is 0 Å². The van der Waals surface area contributed by atoms with Crippen LogP contribution >= 0.6 is 0 Å². The zero-order chi connectivity index (χ0) is 12.3. The van der Waals surface area contributed by atoms with Crippen LogP contribution in [0.3, 0.4) is 0 Å². The summed E-state index contributed by atoms with van der Waals surface area (Å²) < 4.78 is 0. The number of carbonyl (C=O) groups excluding carboxylic acids is 1. The maximum atomic E-state index is 11.8. The fourth-order valence-electron chi connectivity index (χ4n) is 2.69. The smallest absolute Gasteiger partial charge is 0.136 e. The van der Waals surface area contributed by atoms with Crippen molar-refractivity contribution in [2.24, 2.45) is 17.3 Å². The quantitative estimate of drug-likeness (QED) is 0.650. The number of hydrogen-bond donors (Lipinski definition) is 0. The van der Waals surface area contributed by atoms with Crippen molar-refractivity contribution in [3.05, 3.63) is 24.8 Å². The molecule has 0 N–H and O–H groups in total. The lowest BCUT2D eigenvalue weighted by Gasteiger charge is -2.44. The highest BCUT2D eigenvalue weighted by Crippen LogP contribution is 2.47. The van der Waals surface area contributed by atoms with Crippen LogP contribution < -0.4 is 0 Å². The van der Waals surface area contributed by atoms with Crippen molar-refractivity contribution < 1.29 is 4.79 Å². The van der Waals surface area contributed by atoms with Crippen molar-refractivity contribution in [1.29, 1.82) is 0 Å². The predicted octanol–water partition coefficient (Wildman–Crippen LogP) is 4.15. The Morgan fingerprint density at radius 2 is 2.19 bits per heavy atom. The van der Waals surface area contributed by atoms with Gasteiger partial charge in [0.1, 0.15) is 5.78 Å². The number of allylic oxidation sites excluding steroid dienone is 2. The van der Waals surface area contributed by atoms with Gasteiger partial charge in [0.05, 0.1) is 0 Å². The molecule has 0 bridgehead atoms. The van der Waals surface area contributed by atoms with E-state index in [4.69, 9.17) is 0 Å².